The molecule has 0 amide bonds. The van der Waals surface area contributed by atoms with E-state index < -0.39 is 0 Å². The highest BCUT2D eigenvalue weighted by Gasteiger charge is 2.26. The summed E-state index contributed by atoms with van der Waals surface area (Å²) >= 11 is 0. The Kier molecular flexibility index (Phi) is 4.38. The molecular formula is C25H32N4. The van der Waals surface area contributed by atoms with Crippen LogP contribution in [0, 0.1) is 40.0 Å². The first-order chi connectivity index (χ1) is 13.5. The summed E-state index contributed by atoms with van der Waals surface area (Å²) in [6.07, 6.45) is 2.19. The normalized spacial score (nSPS) is 13.6. The molecule has 29 heavy (non-hydrogen) atoms. The molecule has 4 heteroatoms. The number of fused-ring (bicyclic) bond motifs is 3. The maximum atomic E-state index is 5.03. The second kappa shape index (κ2) is 6.45. The van der Waals surface area contributed by atoms with Crippen LogP contribution in [-0.2, 0) is 0 Å². The van der Waals surface area contributed by atoms with E-state index >= 15 is 0 Å². The van der Waals surface area contributed by atoms with E-state index in [1.807, 2.05) is 0 Å². The van der Waals surface area contributed by atoms with Gasteiger partial charge in [-0.1, -0.05) is 38.5 Å². The molecule has 0 fully saturated rings. The van der Waals surface area contributed by atoms with Crippen molar-refractivity contribution in [2.24, 2.45) is 5.41 Å². The summed E-state index contributed by atoms with van der Waals surface area (Å²) in [5.41, 5.74) is 10.6. The standard InChI is InChI=1S/C25H32N4/c1-14-12-15(2)21(16(3)13-14)22-18(5)27-29-23(22)26-17(4)20-10-11-28(24(20)29)19(6)25(7,8)9/h10-13,19H,1-9H3. The first-order valence-corrected chi connectivity index (χ1v) is 10.5. The van der Waals surface area contributed by atoms with Gasteiger partial charge in [0.05, 0.1) is 17.0 Å². The molecule has 4 rings (SSSR count). The molecule has 4 aromatic rings. The Hall–Kier alpha value is -2.62. The maximum absolute atomic E-state index is 5.03. The van der Waals surface area contributed by atoms with Crippen molar-refractivity contribution in [2.75, 3.05) is 0 Å². The van der Waals surface area contributed by atoms with Gasteiger partial charge in [0.15, 0.2) is 5.65 Å². The lowest BCUT2D eigenvalue weighted by Gasteiger charge is -2.29. The van der Waals surface area contributed by atoms with Gasteiger partial charge in [-0.2, -0.15) is 9.61 Å². The van der Waals surface area contributed by atoms with Crippen LogP contribution in [0.3, 0.4) is 0 Å². The Balaban J connectivity index is 2.12. The molecule has 152 valence electrons. The van der Waals surface area contributed by atoms with Gasteiger partial charge in [0.1, 0.15) is 5.65 Å². The Morgan fingerprint density at radius 2 is 1.52 bits per heavy atom. The molecule has 1 atom stereocenters. The van der Waals surface area contributed by atoms with Crippen molar-refractivity contribution in [1.29, 1.82) is 0 Å². The molecule has 1 aromatic carbocycles. The lowest BCUT2D eigenvalue weighted by atomic mass is 9.88. The third-order valence-corrected chi connectivity index (χ3v) is 6.38. The highest BCUT2D eigenvalue weighted by atomic mass is 15.3. The zero-order chi connectivity index (χ0) is 21.2. The van der Waals surface area contributed by atoms with Gasteiger partial charge in [-0.15, -0.1) is 0 Å². The molecule has 0 aliphatic heterocycles. The zero-order valence-electron chi connectivity index (χ0n) is 19.2. The number of aromatic nitrogens is 4. The van der Waals surface area contributed by atoms with Crippen molar-refractivity contribution < 1.29 is 0 Å². The molecule has 1 unspecified atom stereocenters. The van der Waals surface area contributed by atoms with Crippen molar-refractivity contribution in [3.8, 4) is 11.1 Å². The van der Waals surface area contributed by atoms with Crippen LogP contribution in [0.2, 0.25) is 0 Å². The van der Waals surface area contributed by atoms with Gasteiger partial charge in [-0.3, -0.25) is 0 Å². The van der Waals surface area contributed by atoms with E-state index in [-0.39, 0.29) is 5.41 Å². The van der Waals surface area contributed by atoms with Gasteiger partial charge in [0.25, 0.3) is 0 Å². The fourth-order valence-corrected chi connectivity index (χ4v) is 4.53. The summed E-state index contributed by atoms with van der Waals surface area (Å²) in [5.74, 6) is 0. The van der Waals surface area contributed by atoms with Crippen molar-refractivity contribution in [2.45, 2.75) is 68.4 Å². The first-order valence-electron chi connectivity index (χ1n) is 10.5. The number of rotatable bonds is 2. The Morgan fingerprint density at radius 1 is 0.897 bits per heavy atom. The minimum absolute atomic E-state index is 0.143. The zero-order valence-corrected chi connectivity index (χ0v) is 19.2. The molecule has 3 heterocycles. The lowest BCUT2D eigenvalue weighted by Crippen LogP contribution is -2.21. The Morgan fingerprint density at radius 3 is 2.10 bits per heavy atom. The lowest BCUT2D eigenvalue weighted by molar-refractivity contribution is 0.267. The fourth-order valence-electron chi connectivity index (χ4n) is 4.53. The quantitative estimate of drug-likeness (QED) is 0.393. The van der Waals surface area contributed by atoms with E-state index in [0.29, 0.717) is 6.04 Å². The van der Waals surface area contributed by atoms with Crippen LogP contribution in [0.5, 0.6) is 0 Å². The molecule has 0 aliphatic carbocycles. The molecule has 3 aromatic heterocycles. The van der Waals surface area contributed by atoms with Crippen LogP contribution < -0.4 is 0 Å². The predicted molar refractivity (Wildman–Crippen MR) is 122 cm³/mol. The summed E-state index contributed by atoms with van der Waals surface area (Å²) in [5, 5.41) is 6.16. The third-order valence-electron chi connectivity index (χ3n) is 6.38. The average Bonchev–Trinajstić information content (AvgIpc) is 3.16. The number of aryl methyl sites for hydroxylation is 5. The second-order valence-electron chi connectivity index (χ2n) is 9.67. The molecule has 0 saturated heterocycles. The van der Waals surface area contributed by atoms with Crippen LogP contribution >= 0.6 is 0 Å². The van der Waals surface area contributed by atoms with E-state index in [4.69, 9.17) is 10.1 Å². The van der Waals surface area contributed by atoms with Crippen LogP contribution in [0.1, 0.15) is 61.8 Å². The molecule has 0 bridgehead atoms. The maximum Gasteiger partial charge on any atom is 0.165 e. The first kappa shape index (κ1) is 19.7. The Labute approximate surface area is 173 Å². The van der Waals surface area contributed by atoms with Crippen LogP contribution in [-0.4, -0.2) is 19.2 Å². The van der Waals surface area contributed by atoms with Crippen molar-refractivity contribution in [3.63, 3.8) is 0 Å². The highest BCUT2D eigenvalue weighted by molar-refractivity contribution is 5.89. The number of nitrogens with zero attached hydrogens (tertiary/aromatic N) is 4. The largest absolute Gasteiger partial charge is 0.329 e. The van der Waals surface area contributed by atoms with Gasteiger partial charge in [-0.05, 0) is 69.7 Å². The summed E-state index contributed by atoms with van der Waals surface area (Å²) in [6, 6.07) is 7.02. The molecule has 0 saturated carbocycles. The fraction of sp³-hybridized carbons (Fsp3) is 0.440. The summed E-state index contributed by atoms with van der Waals surface area (Å²) in [6.45, 7) is 19.9. The van der Waals surface area contributed by atoms with Gasteiger partial charge >= 0.3 is 0 Å². The molecule has 0 spiro atoms. The second-order valence-corrected chi connectivity index (χ2v) is 9.67. The SMILES string of the molecule is Cc1cc(C)c(-c2c(C)nn3c2nc(C)c2ccn(C(C)C(C)(C)C)c23)c(C)c1. The molecule has 4 nitrogen and oxygen atoms in total. The van der Waals surface area contributed by atoms with Crippen LogP contribution in [0.15, 0.2) is 24.4 Å². The number of hydrogen-bond acceptors (Lipinski definition) is 2. The van der Waals surface area contributed by atoms with E-state index in [1.165, 1.54) is 27.6 Å². The van der Waals surface area contributed by atoms with E-state index in [2.05, 4.69) is 95.8 Å². The van der Waals surface area contributed by atoms with Crippen LogP contribution in [0.25, 0.3) is 27.8 Å². The molecule has 0 radical (unpaired) electrons. The van der Waals surface area contributed by atoms with E-state index in [9.17, 15) is 0 Å². The summed E-state index contributed by atoms with van der Waals surface area (Å²) in [7, 11) is 0. The predicted octanol–water partition coefficient (Wildman–Crippen LogP) is 6.50. The highest BCUT2D eigenvalue weighted by Crippen LogP contribution is 2.37. The number of hydrogen-bond donors (Lipinski definition) is 0. The molecule has 0 N–H and O–H groups in total. The van der Waals surface area contributed by atoms with E-state index in [0.717, 1.165) is 28.2 Å². The third kappa shape index (κ3) is 2.97. The van der Waals surface area contributed by atoms with Crippen molar-refractivity contribution >= 4 is 16.7 Å². The van der Waals surface area contributed by atoms with Gasteiger partial charge in [0, 0.05) is 17.6 Å². The average molecular weight is 389 g/mol. The monoisotopic (exact) mass is 388 g/mol. The van der Waals surface area contributed by atoms with Gasteiger partial charge in [-0.25, -0.2) is 4.98 Å². The van der Waals surface area contributed by atoms with E-state index in [1.54, 1.807) is 0 Å². The summed E-state index contributed by atoms with van der Waals surface area (Å²) < 4.78 is 4.43. The minimum atomic E-state index is 0.143. The number of benzene rings is 1. The van der Waals surface area contributed by atoms with Gasteiger partial charge in [0.2, 0.25) is 0 Å². The Bertz CT molecular complexity index is 1220. The minimum Gasteiger partial charge on any atom is -0.329 e. The van der Waals surface area contributed by atoms with Crippen LogP contribution in [0.4, 0.5) is 0 Å². The van der Waals surface area contributed by atoms with Crippen molar-refractivity contribution in [3.05, 3.63) is 52.5 Å². The molecule has 0 aliphatic rings. The summed E-state index contributed by atoms with van der Waals surface area (Å²) in [4.78, 5) is 5.03. The topological polar surface area (TPSA) is 35.1 Å². The van der Waals surface area contributed by atoms with Gasteiger partial charge < -0.3 is 4.57 Å². The smallest absolute Gasteiger partial charge is 0.165 e. The molecular weight excluding hydrogens is 356 g/mol. The van der Waals surface area contributed by atoms with Crippen molar-refractivity contribution in [1.82, 2.24) is 19.2 Å².